The minimum Gasteiger partial charge on any atom is -0.360 e. The number of fused-ring (bicyclic) bond motifs is 1. The van der Waals surface area contributed by atoms with Gasteiger partial charge in [-0.05, 0) is 80.6 Å². The standard InChI is InChI=1S/C30H33N5O/c1-18-6-5-7-19(2)24(18)26-25(27(36-33-26)21-8-9-21)22-14-30(15-22)10-12-35(13-11-30)29-31-16-23-20(3)17-34(4)28(23)32-29/h5-7,14,16-17,21H,8-13,15H2,1-4H3. The summed E-state index contributed by atoms with van der Waals surface area (Å²) in [5.41, 5.74) is 10.0. The number of hydrogen-bond donors (Lipinski definition) is 0. The molecule has 36 heavy (non-hydrogen) atoms. The molecule has 0 N–H and O–H groups in total. The highest BCUT2D eigenvalue weighted by molar-refractivity contribution is 5.86. The van der Waals surface area contributed by atoms with Crippen molar-refractivity contribution in [2.24, 2.45) is 12.5 Å². The van der Waals surface area contributed by atoms with Gasteiger partial charge < -0.3 is 14.0 Å². The fourth-order valence-electron chi connectivity index (χ4n) is 6.43. The van der Waals surface area contributed by atoms with Gasteiger partial charge in [-0.1, -0.05) is 29.4 Å². The van der Waals surface area contributed by atoms with E-state index in [0.717, 1.165) is 60.8 Å². The van der Waals surface area contributed by atoms with E-state index in [-0.39, 0.29) is 5.41 Å². The van der Waals surface area contributed by atoms with Crippen LogP contribution in [-0.2, 0) is 7.05 Å². The summed E-state index contributed by atoms with van der Waals surface area (Å²) in [6.45, 7) is 8.45. The summed E-state index contributed by atoms with van der Waals surface area (Å²) in [6.07, 6.45) is 12.5. The molecule has 1 saturated heterocycles. The molecular formula is C30H33N5O. The lowest BCUT2D eigenvalue weighted by molar-refractivity contribution is 0.276. The third kappa shape index (κ3) is 3.34. The molecule has 0 atom stereocenters. The zero-order valence-corrected chi connectivity index (χ0v) is 21.6. The Labute approximate surface area is 212 Å². The van der Waals surface area contributed by atoms with Gasteiger partial charge in [0, 0.05) is 55.0 Å². The molecule has 2 aliphatic carbocycles. The first kappa shape index (κ1) is 21.8. The van der Waals surface area contributed by atoms with Crippen LogP contribution in [0.15, 0.2) is 41.2 Å². The van der Waals surface area contributed by atoms with Gasteiger partial charge in [0.1, 0.15) is 17.1 Å². The summed E-state index contributed by atoms with van der Waals surface area (Å²) in [5, 5.41) is 5.79. The van der Waals surface area contributed by atoms with Crippen LogP contribution in [0.25, 0.3) is 27.9 Å². The Morgan fingerprint density at radius 2 is 1.72 bits per heavy atom. The van der Waals surface area contributed by atoms with Crippen LogP contribution >= 0.6 is 0 Å². The molecule has 3 aromatic heterocycles. The lowest BCUT2D eigenvalue weighted by Crippen LogP contribution is -2.43. The van der Waals surface area contributed by atoms with Crippen molar-refractivity contribution < 1.29 is 4.52 Å². The van der Waals surface area contributed by atoms with Crippen molar-refractivity contribution >= 4 is 22.6 Å². The van der Waals surface area contributed by atoms with E-state index in [1.54, 1.807) is 0 Å². The summed E-state index contributed by atoms with van der Waals surface area (Å²) in [7, 11) is 2.06. The normalized spacial score (nSPS) is 19.1. The van der Waals surface area contributed by atoms with Crippen LogP contribution in [0.5, 0.6) is 0 Å². The van der Waals surface area contributed by atoms with Crippen molar-refractivity contribution in [2.45, 2.75) is 58.8 Å². The number of aromatic nitrogens is 4. The van der Waals surface area contributed by atoms with Crippen molar-refractivity contribution in [2.75, 3.05) is 18.0 Å². The molecule has 1 spiro atoms. The van der Waals surface area contributed by atoms with Gasteiger partial charge in [0.15, 0.2) is 0 Å². The van der Waals surface area contributed by atoms with Gasteiger partial charge >= 0.3 is 0 Å². The predicted molar refractivity (Wildman–Crippen MR) is 143 cm³/mol. The van der Waals surface area contributed by atoms with Gasteiger partial charge in [-0.25, -0.2) is 4.98 Å². The fraction of sp³-hybridized carbons (Fsp3) is 0.433. The number of rotatable bonds is 4. The molecule has 2 fully saturated rings. The zero-order chi connectivity index (χ0) is 24.6. The van der Waals surface area contributed by atoms with Crippen molar-refractivity contribution in [1.29, 1.82) is 0 Å². The number of nitrogens with zero attached hydrogens (tertiary/aromatic N) is 5. The van der Waals surface area contributed by atoms with Crippen molar-refractivity contribution in [3.05, 3.63) is 64.7 Å². The molecule has 0 amide bonds. The van der Waals surface area contributed by atoms with Crippen LogP contribution in [0.1, 0.15) is 66.0 Å². The minimum atomic E-state index is 0.271. The highest BCUT2D eigenvalue weighted by Gasteiger charge is 2.44. The fourth-order valence-corrected chi connectivity index (χ4v) is 6.43. The Hall–Kier alpha value is -3.41. The largest absolute Gasteiger partial charge is 0.360 e. The molecule has 0 unspecified atom stereocenters. The number of allylic oxidation sites excluding steroid dienone is 2. The molecule has 0 radical (unpaired) electrons. The van der Waals surface area contributed by atoms with Crippen molar-refractivity contribution in [1.82, 2.24) is 19.7 Å². The number of anilines is 1. The van der Waals surface area contributed by atoms with E-state index >= 15 is 0 Å². The molecule has 4 aromatic rings. The molecule has 7 rings (SSSR count). The number of piperidine rings is 1. The first-order valence-electron chi connectivity index (χ1n) is 13.2. The number of hydrogen-bond acceptors (Lipinski definition) is 5. The van der Waals surface area contributed by atoms with Crippen LogP contribution in [0.3, 0.4) is 0 Å². The van der Waals surface area contributed by atoms with Crippen LogP contribution in [0.4, 0.5) is 5.95 Å². The molecule has 0 bridgehead atoms. The Morgan fingerprint density at radius 3 is 2.42 bits per heavy atom. The smallest absolute Gasteiger partial charge is 0.227 e. The van der Waals surface area contributed by atoms with Crippen LogP contribution in [-0.4, -0.2) is 32.8 Å². The lowest BCUT2D eigenvalue weighted by Gasteiger charge is -2.46. The predicted octanol–water partition coefficient (Wildman–Crippen LogP) is 6.50. The second-order valence-electron chi connectivity index (χ2n) is 11.3. The topological polar surface area (TPSA) is 60.0 Å². The average molecular weight is 480 g/mol. The van der Waals surface area contributed by atoms with E-state index in [2.05, 4.69) is 72.9 Å². The summed E-state index contributed by atoms with van der Waals surface area (Å²) < 4.78 is 8.12. The summed E-state index contributed by atoms with van der Waals surface area (Å²) in [5.74, 6) is 2.51. The van der Waals surface area contributed by atoms with Crippen LogP contribution < -0.4 is 4.90 Å². The molecule has 184 valence electrons. The minimum absolute atomic E-state index is 0.271. The van der Waals surface area contributed by atoms with Gasteiger partial charge in [-0.15, -0.1) is 0 Å². The van der Waals surface area contributed by atoms with Crippen LogP contribution in [0, 0.1) is 26.2 Å². The third-order valence-corrected chi connectivity index (χ3v) is 8.67. The van der Waals surface area contributed by atoms with E-state index in [4.69, 9.17) is 14.5 Å². The highest BCUT2D eigenvalue weighted by Crippen LogP contribution is 2.56. The molecule has 1 saturated carbocycles. The van der Waals surface area contributed by atoms with Gasteiger partial charge in [0.25, 0.3) is 0 Å². The summed E-state index contributed by atoms with van der Waals surface area (Å²) in [6, 6.07) is 6.49. The van der Waals surface area contributed by atoms with E-state index in [9.17, 15) is 0 Å². The first-order chi connectivity index (χ1) is 17.4. The van der Waals surface area contributed by atoms with E-state index in [1.165, 1.54) is 46.2 Å². The molecule has 1 aliphatic heterocycles. The zero-order valence-electron chi connectivity index (χ0n) is 21.6. The Balaban J connectivity index is 1.16. The summed E-state index contributed by atoms with van der Waals surface area (Å²) >= 11 is 0. The number of aryl methyl sites for hydroxylation is 4. The molecular weight excluding hydrogens is 446 g/mol. The van der Waals surface area contributed by atoms with Crippen LogP contribution in [0.2, 0.25) is 0 Å². The van der Waals surface area contributed by atoms with E-state index in [1.807, 2.05) is 6.20 Å². The second kappa shape index (κ2) is 7.79. The molecule has 6 nitrogen and oxygen atoms in total. The SMILES string of the molecule is Cc1cccc(C)c1-c1noc(C2CC2)c1C1=CC2(CCN(c3ncc4c(C)cn(C)c4n3)CC2)C1. The monoisotopic (exact) mass is 479 g/mol. The molecule has 4 heterocycles. The van der Waals surface area contributed by atoms with Crippen molar-refractivity contribution in [3.63, 3.8) is 0 Å². The lowest BCUT2D eigenvalue weighted by atomic mass is 9.63. The van der Waals surface area contributed by atoms with E-state index in [0.29, 0.717) is 5.92 Å². The van der Waals surface area contributed by atoms with E-state index < -0.39 is 0 Å². The van der Waals surface area contributed by atoms with Gasteiger partial charge in [-0.2, -0.15) is 4.98 Å². The maximum Gasteiger partial charge on any atom is 0.227 e. The van der Waals surface area contributed by atoms with Gasteiger partial charge in [0.2, 0.25) is 5.95 Å². The summed E-state index contributed by atoms with van der Waals surface area (Å²) in [4.78, 5) is 12.0. The molecule has 6 heteroatoms. The van der Waals surface area contributed by atoms with Gasteiger partial charge in [-0.3, -0.25) is 0 Å². The van der Waals surface area contributed by atoms with Crippen molar-refractivity contribution in [3.8, 4) is 11.3 Å². The Kier molecular flexibility index (Phi) is 4.73. The second-order valence-corrected chi connectivity index (χ2v) is 11.3. The Morgan fingerprint density at radius 1 is 1.00 bits per heavy atom. The Bertz CT molecular complexity index is 1510. The third-order valence-electron chi connectivity index (χ3n) is 8.67. The first-order valence-corrected chi connectivity index (χ1v) is 13.2. The highest BCUT2D eigenvalue weighted by atomic mass is 16.5. The maximum absolute atomic E-state index is 6.02. The van der Waals surface area contributed by atoms with Gasteiger partial charge in [0.05, 0.1) is 0 Å². The molecule has 3 aliphatic rings. The number of benzene rings is 1. The average Bonchev–Trinajstić information content (AvgIpc) is 3.55. The maximum atomic E-state index is 6.02. The quantitative estimate of drug-likeness (QED) is 0.334. The molecule has 1 aromatic carbocycles.